The Hall–Kier alpha value is -0.843. The van der Waals surface area contributed by atoms with Gasteiger partial charge in [-0.1, -0.05) is 19.6 Å². The van der Waals surface area contributed by atoms with Crippen molar-refractivity contribution in [3.05, 3.63) is 0 Å². The van der Waals surface area contributed by atoms with Crippen LogP contribution >= 0.6 is 0 Å². The summed E-state index contributed by atoms with van der Waals surface area (Å²) in [5.74, 6) is 0.120. The second-order valence-electron chi connectivity index (χ2n) is 5.64. The van der Waals surface area contributed by atoms with Crippen molar-refractivity contribution in [2.75, 3.05) is 13.2 Å². The molecule has 0 spiro atoms. The van der Waals surface area contributed by atoms with Gasteiger partial charge in [0.25, 0.3) is 0 Å². The van der Waals surface area contributed by atoms with E-state index in [4.69, 9.17) is 4.74 Å². The van der Waals surface area contributed by atoms with Crippen LogP contribution in [0.4, 0.5) is 4.79 Å². The molecule has 1 fully saturated rings. The Kier molecular flexibility index (Phi) is 4.13. The molecule has 1 atom stereocenters. The van der Waals surface area contributed by atoms with Crippen molar-refractivity contribution in [1.29, 1.82) is 0 Å². The van der Waals surface area contributed by atoms with Crippen LogP contribution in [0.5, 0.6) is 0 Å². The van der Waals surface area contributed by atoms with Crippen molar-refractivity contribution in [1.82, 2.24) is 4.90 Å². The Morgan fingerprint density at radius 3 is 2.56 bits per heavy atom. The smallest absolute Gasteiger partial charge is 0.410 e. The van der Waals surface area contributed by atoms with Gasteiger partial charge in [0.2, 0.25) is 0 Å². The molecule has 0 saturated carbocycles. The third-order valence-electron chi connectivity index (χ3n) is 2.71. The molecule has 4 nitrogen and oxygen atoms in total. The van der Waals surface area contributed by atoms with Crippen LogP contribution in [0, 0.1) is 0 Å². The number of hydrogen-bond donors (Lipinski definition) is 0. The van der Waals surface area contributed by atoms with E-state index in [1.54, 1.807) is 0 Å². The van der Waals surface area contributed by atoms with E-state index in [1.807, 2.05) is 6.92 Å². The summed E-state index contributed by atoms with van der Waals surface area (Å²) in [6, 6.07) is 0.960. The highest BCUT2D eigenvalue weighted by Crippen LogP contribution is 2.15. The van der Waals surface area contributed by atoms with E-state index in [9.17, 15) is 9.59 Å². The highest BCUT2D eigenvalue weighted by molar-refractivity contribution is 6.76. The molecule has 5 heteroatoms. The van der Waals surface area contributed by atoms with Crippen molar-refractivity contribution in [2.45, 2.75) is 45.1 Å². The largest absolute Gasteiger partial charge is 0.450 e. The average molecular weight is 243 g/mol. The molecule has 0 unspecified atom stereocenters. The number of ether oxygens (including phenoxy) is 1. The first-order valence-electron chi connectivity index (χ1n) is 5.75. The lowest BCUT2D eigenvalue weighted by Gasteiger charge is -2.21. The van der Waals surface area contributed by atoms with Crippen LogP contribution in [-0.2, 0) is 9.53 Å². The first kappa shape index (κ1) is 13.2. The molecule has 16 heavy (non-hydrogen) atoms. The second-order valence-corrected chi connectivity index (χ2v) is 11.3. The first-order chi connectivity index (χ1) is 7.29. The standard InChI is InChI=1S/C11H21NO3Si/c1-9-7-10(13)8-12(9)11(14)15-5-6-16(2,3)4/h9H,5-8H2,1-4H3/t9-/m1/s1. The number of carbonyl (C=O) groups is 2. The molecule has 0 aliphatic carbocycles. The second kappa shape index (κ2) is 4.99. The molecule has 1 heterocycles. The zero-order chi connectivity index (χ0) is 12.3. The average Bonchev–Trinajstić information content (AvgIpc) is 2.43. The Labute approximate surface area is 98.0 Å². The molecule has 0 aromatic carbocycles. The molecular formula is C11H21NO3Si. The minimum absolute atomic E-state index is 0.00752. The van der Waals surface area contributed by atoms with E-state index >= 15 is 0 Å². The van der Waals surface area contributed by atoms with Crippen LogP contribution in [0.25, 0.3) is 0 Å². The zero-order valence-corrected chi connectivity index (χ0v) is 11.6. The number of likely N-dealkylation sites (tertiary alicyclic amines) is 1. The minimum atomic E-state index is -1.16. The Morgan fingerprint density at radius 2 is 2.12 bits per heavy atom. The van der Waals surface area contributed by atoms with Gasteiger partial charge in [-0.3, -0.25) is 9.69 Å². The van der Waals surface area contributed by atoms with Crippen molar-refractivity contribution in [3.8, 4) is 0 Å². The first-order valence-corrected chi connectivity index (χ1v) is 9.45. The van der Waals surface area contributed by atoms with Gasteiger partial charge in [0.1, 0.15) is 0 Å². The molecule has 1 aliphatic rings. The summed E-state index contributed by atoms with van der Waals surface area (Å²) in [5.41, 5.74) is 0. The molecule has 1 aliphatic heterocycles. The summed E-state index contributed by atoms with van der Waals surface area (Å²) >= 11 is 0. The number of ketones is 1. The number of amides is 1. The number of hydrogen-bond acceptors (Lipinski definition) is 3. The molecule has 1 rings (SSSR count). The van der Waals surface area contributed by atoms with Gasteiger partial charge in [-0.2, -0.15) is 0 Å². The van der Waals surface area contributed by atoms with Crippen molar-refractivity contribution in [3.63, 3.8) is 0 Å². The predicted molar refractivity (Wildman–Crippen MR) is 65.3 cm³/mol. The molecular weight excluding hydrogens is 222 g/mol. The van der Waals surface area contributed by atoms with Crippen LogP contribution in [0.1, 0.15) is 13.3 Å². The molecule has 0 N–H and O–H groups in total. The molecule has 1 amide bonds. The van der Waals surface area contributed by atoms with Crippen molar-refractivity contribution >= 4 is 20.0 Å². The SMILES string of the molecule is C[C@@H]1CC(=O)CN1C(=O)OCC[Si](C)(C)C. The third-order valence-corrected chi connectivity index (χ3v) is 4.42. The zero-order valence-electron chi connectivity index (χ0n) is 10.6. The third kappa shape index (κ3) is 3.96. The molecule has 1 saturated heterocycles. The van der Waals surface area contributed by atoms with E-state index < -0.39 is 8.07 Å². The van der Waals surface area contributed by atoms with Crippen LogP contribution in [0.3, 0.4) is 0 Å². The lowest BCUT2D eigenvalue weighted by molar-refractivity contribution is -0.116. The van der Waals surface area contributed by atoms with Gasteiger partial charge in [-0.05, 0) is 13.0 Å². The van der Waals surface area contributed by atoms with Gasteiger partial charge in [-0.25, -0.2) is 4.79 Å². The van der Waals surface area contributed by atoms with Crippen LogP contribution < -0.4 is 0 Å². The number of rotatable bonds is 3. The fourth-order valence-electron chi connectivity index (χ4n) is 1.62. The van der Waals surface area contributed by atoms with Gasteiger partial charge in [-0.15, -0.1) is 0 Å². The summed E-state index contributed by atoms with van der Waals surface area (Å²) < 4.78 is 5.19. The van der Waals surface area contributed by atoms with Gasteiger partial charge < -0.3 is 4.74 Å². The molecule has 0 bridgehead atoms. The Bertz CT molecular complexity index is 285. The van der Waals surface area contributed by atoms with Crippen LogP contribution in [-0.4, -0.2) is 44.0 Å². The van der Waals surface area contributed by atoms with Gasteiger partial charge in [0, 0.05) is 20.5 Å². The summed E-state index contributed by atoms with van der Waals surface area (Å²) in [6.07, 6.45) is 0.125. The summed E-state index contributed by atoms with van der Waals surface area (Å²) in [4.78, 5) is 24.3. The topological polar surface area (TPSA) is 46.6 Å². The van der Waals surface area contributed by atoms with Crippen LogP contribution in [0.2, 0.25) is 25.7 Å². The van der Waals surface area contributed by atoms with Gasteiger partial charge in [0.05, 0.1) is 13.2 Å². The number of carbonyl (C=O) groups excluding carboxylic acids is 2. The Balaban J connectivity index is 2.33. The van der Waals surface area contributed by atoms with Gasteiger partial charge >= 0.3 is 6.09 Å². The van der Waals surface area contributed by atoms with Crippen LogP contribution in [0.15, 0.2) is 0 Å². The minimum Gasteiger partial charge on any atom is -0.450 e. The van der Waals surface area contributed by atoms with E-state index in [0.717, 1.165) is 6.04 Å². The van der Waals surface area contributed by atoms with Crippen molar-refractivity contribution < 1.29 is 14.3 Å². The maximum absolute atomic E-state index is 11.7. The maximum Gasteiger partial charge on any atom is 0.410 e. The van der Waals surface area contributed by atoms with E-state index in [1.165, 1.54) is 4.90 Å². The highest BCUT2D eigenvalue weighted by Gasteiger charge is 2.31. The lowest BCUT2D eigenvalue weighted by Crippen LogP contribution is -2.35. The molecule has 0 aromatic heterocycles. The fraction of sp³-hybridized carbons (Fsp3) is 0.818. The monoisotopic (exact) mass is 243 g/mol. The lowest BCUT2D eigenvalue weighted by atomic mass is 10.2. The fourth-order valence-corrected chi connectivity index (χ4v) is 2.34. The van der Waals surface area contributed by atoms with E-state index in [-0.39, 0.29) is 24.5 Å². The normalized spacial score (nSPS) is 21.4. The van der Waals surface area contributed by atoms with Gasteiger partial charge in [0.15, 0.2) is 5.78 Å². The summed E-state index contributed by atoms with van der Waals surface area (Å²) in [5, 5.41) is 0. The van der Waals surface area contributed by atoms with E-state index in [0.29, 0.717) is 13.0 Å². The van der Waals surface area contributed by atoms with Crippen molar-refractivity contribution in [2.24, 2.45) is 0 Å². The predicted octanol–water partition coefficient (Wildman–Crippen LogP) is 2.12. The quantitative estimate of drug-likeness (QED) is 0.713. The molecule has 0 radical (unpaired) electrons. The summed E-state index contributed by atoms with van der Waals surface area (Å²) in [7, 11) is -1.16. The van der Waals surface area contributed by atoms with E-state index in [2.05, 4.69) is 19.6 Å². The Morgan fingerprint density at radius 1 is 1.50 bits per heavy atom. The molecule has 92 valence electrons. The number of Topliss-reactive ketones (excluding diaryl/α,β-unsaturated/α-hetero) is 1. The number of nitrogens with zero attached hydrogens (tertiary/aromatic N) is 1. The molecule has 0 aromatic rings. The maximum atomic E-state index is 11.7. The highest BCUT2D eigenvalue weighted by atomic mass is 28.3. The summed E-state index contributed by atoms with van der Waals surface area (Å²) in [6.45, 7) is 9.29.